The summed E-state index contributed by atoms with van der Waals surface area (Å²) < 4.78 is 0. The molecule has 0 saturated carbocycles. The van der Waals surface area contributed by atoms with Crippen molar-refractivity contribution in [2.75, 3.05) is 26.2 Å². The number of ketones is 2. The lowest BCUT2D eigenvalue weighted by Gasteiger charge is -2.12. The van der Waals surface area contributed by atoms with Gasteiger partial charge < -0.3 is 28.3 Å². The van der Waals surface area contributed by atoms with Crippen LogP contribution in [0.3, 0.4) is 0 Å². The molecule has 0 aromatic heterocycles. The normalized spacial score (nSPS) is 14.0. The van der Waals surface area contributed by atoms with Crippen LogP contribution in [0.2, 0.25) is 0 Å². The van der Waals surface area contributed by atoms with E-state index < -0.39 is 12.1 Å². The Morgan fingerprint density at radius 2 is 1.45 bits per heavy atom. The Kier molecular flexibility index (Phi) is 11.4. The van der Waals surface area contributed by atoms with Gasteiger partial charge in [0.15, 0.2) is 11.6 Å². The molecule has 7 nitrogen and oxygen atoms in total. The highest BCUT2D eigenvalue weighted by molar-refractivity contribution is 5.84. The number of nitrogens with two attached hydrogens (primary N) is 4. The molecule has 20 heavy (non-hydrogen) atoms. The van der Waals surface area contributed by atoms with Crippen LogP contribution in [0, 0.1) is 0 Å². The highest BCUT2D eigenvalue weighted by atomic mass is 16.1. The lowest BCUT2D eigenvalue weighted by atomic mass is 10.0. The molecule has 0 aromatic rings. The van der Waals surface area contributed by atoms with Gasteiger partial charge in [0.05, 0.1) is 12.1 Å². The Hall–Kier alpha value is -0.860. The van der Waals surface area contributed by atoms with E-state index in [1.54, 1.807) is 0 Å². The molecule has 0 heterocycles. The van der Waals surface area contributed by atoms with Crippen LogP contribution in [0.1, 0.15) is 32.1 Å². The van der Waals surface area contributed by atoms with Crippen LogP contribution in [-0.2, 0) is 9.59 Å². The smallest absolute Gasteiger partial charge is 0.152 e. The minimum atomic E-state index is -0.494. The molecule has 0 aliphatic rings. The highest BCUT2D eigenvalue weighted by Crippen LogP contribution is 2.01. The van der Waals surface area contributed by atoms with Crippen molar-refractivity contribution in [1.82, 2.24) is 5.32 Å². The van der Waals surface area contributed by atoms with Crippen LogP contribution in [0.25, 0.3) is 0 Å². The Labute approximate surface area is 120 Å². The zero-order valence-corrected chi connectivity index (χ0v) is 12.1. The second kappa shape index (κ2) is 11.9. The molecule has 0 aromatic carbocycles. The summed E-state index contributed by atoms with van der Waals surface area (Å²) in [6.07, 6.45) is 3.08. The molecule has 7 heteroatoms. The fourth-order valence-corrected chi connectivity index (χ4v) is 1.80. The Morgan fingerprint density at radius 3 is 2.00 bits per heavy atom. The minimum absolute atomic E-state index is 0.0191. The van der Waals surface area contributed by atoms with Gasteiger partial charge >= 0.3 is 0 Å². The summed E-state index contributed by atoms with van der Waals surface area (Å²) in [5.74, 6) is 0.00395. The Bertz CT molecular complexity index is 258. The van der Waals surface area contributed by atoms with E-state index in [0.717, 1.165) is 19.4 Å². The van der Waals surface area contributed by atoms with E-state index in [2.05, 4.69) is 5.32 Å². The number of carbonyl (C=O) groups is 2. The van der Waals surface area contributed by atoms with Crippen LogP contribution in [0.5, 0.6) is 0 Å². The van der Waals surface area contributed by atoms with E-state index in [-0.39, 0.29) is 11.6 Å². The summed E-state index contributed by atoms with van der Waals surface area (Å²) in [7, 11) is 0. The summed E-state index contributed by atoms with van der Waals surface area (Å²) in [5.41, 5.74) is 22.0. The molecule has 0 saturated heterocycles. The third-order valence-electron chi connectivity index (χ3n) is 3.09. The Morgan fingerprint density at radius 1 is 0.900 bits per heavy atom. The molecule has 9 N–H and O–H groups in total. The predicted molar refractivity (Wildman–Crippen MR) is 80.0 cm³/mol. The highest BCUT2D eigenvalue weighted by Gasteiger charge is 2.12. The predicted octanol–water partition coefficient (Wildman–Crippen LogP) is -1.76. The van der Waals surface area contributed by atoms with Gasteiger partial charge in [-0.1, -0.05) is 6.42 Å². The van der Waals surface area contributed by atoms with Crippen LogP contribution in [0.4, 0.5) is 0 Å². The molecule has 0 radical (unpaired) electrons. The van der Waals surface area contributed by atoms with Crippen molar-refractivity contribution < 1.29 is 9.59 Å². The maximum Gasteiger partial charge on any atom is 0.152 e. The number of Topliss-reactive ketones (excluding diaryl/α,β-unsaturated/α-hetero) is 2. The van der Waals surface area contributed by atoms with Crippen molar-refractivity contribution in [3.8, 4) is 0 Å². The van der Waals surface area contributed by atoms with Gasteiger partial charge in [-0.2, -0.15) is 0 Å². The summed E-state index contributed by atoms with van der Waals surface area (Å²) in [4.78, 5) is 22.8. The van der Waals surface area contributed by atoms with E-state index in [1.807, 2.05) is 0 Å². The molecule has 0 amide bonds. The average Bonchev–Trinajstić information content (AvgIpc) is 2.42. The molecule has 0 aliphatic heterocycles. The second-order valence-electron chi connectivity index (χ2n) is 4.92. The largest absolute Gasteiger partial charge is 0.330 e. The lowest BCUT2D eigenvalue weighted by molar-refractivity contribution is -0.121. The topological polar surface area (TPSA) is 150 Å². The van der Waals surface area contributed by atoms with Crippen LogP contribution in [0.15, 0.2) is 0 Å². The van der Waals surface area contributed by atoms with Gasteiger partial charge in [0.1, 0.15) is 0 Å². The van der Waals surface area contributed by atoms with E-state index in [1.165, 1.54) is 0 Å². The second-order valence-corrected chi connectivity index (χ2v) is 4.92. The number of hydrogen-bond donors (Lipinski definition) is 5. The quantitative estimate of drug-likeness (QED) is 0.252. The first-order chi connectivity index (χ1) is 9.52. The Balaban J connectivity index is 3.53. The summed E-state index contributed by atoms with van der Waals surface area (Å²) in [6, 6.07) is -0.904. The number of unbranched alkanes of at least 4 members (excludes halogenated alkanes) is 1. The zero-order chi connectivity index (χ0) is 15.4. The van der Waals surface area contributed by atoms with Crippen molar-refractivity contribution in [2.45, 2.75) is 44.2 Å². The minimum Gasteiger partial charge on any atom is -0.330 e. The molecule has 2 atom stereocenters. The fraction of sp³-hybridized carbons (Fsp3) is 0.846. The van der Waals surface area contributed by atoms with Gasteiger partial charge in [0, 0.05) is 19.4 Å². The van der Waals surface area contributed by atoms with Gasteiger partial charge in [-0.05, 0) is 32.5 Å². The van der Waals surface area contributed by atoms with E-state index in [9.17, 15) is 9.59 Å². The first kappa shape index (κ1) is 19.1. The van der Waals surface area contributed by atoms with Crippen molar-refractivity contribution >= 4 is 11.6 Å². The van der Waals surface area contributed by atoms with Gasteiger partial charge in [0.25, 0.3) is 0 Å². The van der Waals surface area contributed by atoms with E-state index >= 15 is 0 Å². The maximum absolute atomic E-state index is 11.4. The van der Waals surface area contributed by atoms with Crippen molar-refractivity contribution in [3.63, 3.8) is 0 Å². The molecule has 2 unspecified atom stereocenters. The maximum atomic E-state index is 11.4. The molecule has 0 bridgehead atoms. The standard InChI is InChI=1S/C13H29N5O2/c14-6-4-12(19)10(16)3-1-2-8-18-9-11(17)13(20)5-7-15/h10-11,18H,1-9,14-17H2. The molecule has 0 rings (SSSR count). The van der Waals surface area contributed by atoms with Crippen LogP contribution >= 0.6 is 0 Å². The number of rotatable bonds is 13. The number of nitrogens with one attached hydrogen (secondary N) is 1. The first-order valence-electron chi connectivity index (χ1n) is 7.20. The monoisotopic (exact) mass is 287 g/mol. The molecule has 118 valence electrons. The van der Waals surface area contributed by atoms with Crippen molar-refractivity contribution in [3.05, 3.63) is 0 Å². The van der Waals surface area contributed by atoms with Crippen LogP contribution in [-0.4, -0.2) is 49.8 Å². The summed E-state index contributed by atoms with van der Waals surface area (Å²) in [5, 5.41) is 3.12. The fourth-order valence-electron chi connectivity index (χ4n) is 1.80. The summed E-state index contributed by atoms with van der Waals surface area (Å²) in [6.45, 7) is 1.89. The SMILES string of the molecule is NCCC(=O)C(N)CCCCNCC(N)C(=O)CCN. The van der Waals surface area contributed by atoms with Crippen molar-refractivity contribution in [2.24, 2.45) is 22.9 Å². The third-order valence-corrected chi connectivity index (χ3v) is 3.09. The molecular formula is C13H29N5O2. The average molecular weight is 287 g/mol. The molecule has 0 fully saturated rings. The lowest BCUT2D eigenvalue weighted by Crippen LogP contribution is -2.41. The molecule has 0 aliphatic carbocycles. The van der Waals surface area contributed by atoms with Gasteiger partial charge in [0.2, 0.25) is 0 Å². The van der Waals surface area contributed by atoms with E-state index in [4.69, 9.17) is 22.9 Å². The molecule has 0 spiro atoms. The molecular weight excluding hydrogens is 258 g/mol. The van der Waals surface area contributed by atoms with E-state index in [0.29, 0.717) is 38.9 Å². The number of hydrogen-bond acceptors (Lipinski definition) is 7. The first-order valence-corrected chi connectivity index (χ1v) is 7.20. The summed E-state index contributed by atoms with van der Waals surface area (Å²) >= 11 is 0. The van der Waals surface area contributed by atoms with Gasteiger partial charge in [-0.3, -0.25) is 9.59 Å². The van der Waals surface area contributed by atoms with Crippen molar-refractivity contribution in [1.29, 1.82) is 0 Å². The van der Waals surface area contributed by atoms with Gasteiger partial charge in [-0.15, -0.1) is 0 Å². The number of carbonyl (C=O) groups excluding carboxylic acids is 2. The van der Waals surface area contributed by atoms with Crippen LogP contribution < -0.4 is 28.3 Å². The third kappa shape index (κ3) is 9.11. The zero-order valence-electron chi connectivity index (χ0n) is 12.1. The van der Waals surface area contributed by atoms with Gasteiger partial charge in [-0.25, -0.2) is 0 Å².